The quantitative estimate of drug-likeness (QED) is 0.853. The van der Waals surface area contributed by atoms with Crippen molar-refractivity contribution in [2.24, 2.45) is 5.73 Å². The van der Waals surface area contributed by atoms with Crippen molar-refractivity contribution in [1.29, 1.82) is 0 Å². The Labute approximate surface area is 123 Å². The van der Waals surface area contributed by atoms with E-state index in [-0.39, 0.29) is 16.5 Å². The summed E-state index contributed by atoms with van der Waals surface area (Å²) in [5, 5.41) is 2.63. The van der Waals surface area contributed by atoms with Crippen LogP contribution in [0.3, 0.4) is 0 Å². The normalized spacial score (nSPS) is 10.2. The van der Waals surface area contributed by atoms with Crippen LogP contribution in [0.5, 0.6) is 0 Å². The van der Waals surface area contributed by atoms with Gasteiger partial charge in [0.05, 0.1) is 9.21 Å². The zero-order valence-corrected chi connectivity index (χ0v) is 11.8. The van der Waals surface area contributed by atoms with E-state index >= 15 is 0 Å². The van der Waals surface area contributed by atoms with Crippen LogP contribution >= 0.6 is 35.2 Å². The average Bonchev–Trinajstić information content (AvgIpc) is 2.78. The van der Waals surface area contributed by atoms with E-state index in [9.17, 15) is 9.18 Å². The van der Waals surface area contributed by atoms with Crippen molar-refractivity contribution in [3.63, 3.8) is 0 Å². The van der Waals surface area contributed by atoms with Crippen molar-refractivity contribution in [3.8, 4) is 0 Å². The van der Waals surface area contributed by atoms with Crippen molar-refractivity contribution in [3.05, 3.63) is 50.9 Å². The molecule has 1 amide bonds. The van der Waals surface area contributed by atoms with Crippen molar-refractivity contribution >= 4 is 51.7 Å². The highest BCUT2D eigenvalue weighted by molar-refractivity contribution is 7.80. The Hall–Kier alpha value is -1.50. The fraction of sp³-hybridized carbons (Fsp3) is 0. The number of anilines is 1. The van der Waals surface area contributed by atoms with Gasteiger partial charge in [0.1, 0.15) is 10.8 Å². The topological polar surface area (TPSA) is 55.1 Å². The lowest BCUT2D eigenvalue weighted by Gasteiger charge is -2.06. The van der Waals surface area contributed by atoms with Crippen LogP contribution in [0.2, 0.25) is 4.34 Å². The second-order valence-electron chi connectivity index (χ2n) is 3.62. The molecule has 98 valence electrons. The van der Waals surface area contributed by atoms with Gasteiger partial charge in [-0.2, -0.15) is 0 Å². The predicted molar refractivity (Wildman–Crippen MR) is 79.6 cm³/mol. The Morgan fingerprint density at radius 2 is 2.11 bits per heavy atom. The summed E-state index contributed by atoms with van der Waals surface area (Å²) in [6, 6.07) is 7.27. The second-order valence-corrected chi connectivity index (χ2v) is 5.77. The second kappa shape index (κ2) is 5.64. The minimum atomic E-state index is -0.523. The molecule has 0 spiro atoms. The van der Waals surface area contributed by atoms with E-state index in [0.29, 0.717) is 14.9 Å². The molecule has 0 atom stereocenters. The third kappa shape index (κ3) is 3.28. The first-order chi connectivity index (χ1) is 8.97. The summed E-state index contributed by atoms with van der Waals surface area (Å²) in [6.07, 6.45) is 0. The van der Waals surface area contributed by atoms with Gasteiger partial charge in [0, 0.05) is 11.3 Å². The van der Waals surface area contributed by atoms with Crippen molar-refractivity contribution in [2.45, 2.75) is 0 Å². The fourth-order valence-electron chi connectivity index (χ4n) is 1.42. The Morgan fingerprint density at radius 3 is 2.68 bits per heavy atom. The van der Waals surface area contributed by atoms with E-state index < -0.39 is 5.82 Å². The van der Waals surface area contributed by atoms with E-state index in [1.165, 1.54) is 18.2 Å². The van der Waals surface area contributed by atoms with Crippen LogP contribution in [-0.2, 0) is 0 Å². The van der Waals surface area contributed by atoms with Crippen LogP contribution in [-0.4, -0.2) is 10.9 Å². The van der Waals surface area contributed by atoms with Gasteiger partial charge in [-0.25, -0.2) is 4.39 Å². The highest BCUT2D eigenvalue weighted by Crippen LogP contribution is 2.23. The molecule has 0 aliphatic heterocycles. The molecule has 0 saturated heterocycles. The molecule has 0 radical (unpaired) electrons. The summed E-state index contributed by atoms with van der Waals surface area (Å²) in [7, 11) is 0. The van der Waals surface area contributed by atoms with Crippen LogP contribution in [0.15, 0.2) is 30.3 Å². The molecule has 3 N–H and O–H groups in total. The summed E-state index contributed by atoms with van der Waals surface area (Å²) in [5.41, 5.74) is 5.90. The molecule has 0 bridgehead atoms. The minimum Gasteiger partial charge on any atom is -0.389 e. The van der Waals surface area contributed by atoms with Gasteiger partial charge in [-0.1, -0.05) is 23.8 Å². The van der Waals surface area contributed by atoms with Crippen molar-refractivity contribution in [1.82, 2.24) is 0 Å². The van der Waals surface area contributed by atoms with E-state index in [0.717, 1.165) is 11.3 Å². The number of nitrogens with one attached hydrogen (secondary N) is 1. The highest BCUT2D eigenvalue weighted by atomic mass is 35.5. The smallest absolute Gasteiger partial charge is 0.265 e. The molecule has 0 unspecified atom stereocenters. The third-order valence-electron chi connectivity index (χ3n) is 2.29. The maximum atomic E-state index is 13.4. The van der Waals surface area contributed by atoms with Gasteiger partial charge in [0.25, 0.3) is 5.91 Å². The van der Waals surface area contributed by atoms with E-state index in [4.69, 9.17) is 29.6 Å². The maximum Gasteiger partial charge on any atom is 0.265 e. The lowest BCUT2D eigenvalue weighted by atomic mass is 10.2. The number of hydrogen-bond donors (Lipinski definition) is 2. The van der Waals surface area contributed by atoms with Gasteiger partial charge in [-0.05, 0) is 30.3 Å². The first-order valence-electron chi connectivity index (χ1n) is 5.13. The third-order valence-corrected chi connectivity index (χ3v) is 3.74. The largest absolute Gasteiger partial charge is 0.389 e. The van der Waals surface area contributed by atoms with E-state index in [1.807, 2.05) is 0 Å². The minimum absolute atomic E-state index is 0.0623. The average molecular weight is 315 g/mol. The zero-order chi connectivity index (χ0) is 14.0. The molecule has 1 aromatic heterocycles. The molecule has 0 aliphatic carbocycles. The molecule has 3 nitrogen and oxygen atoms in total. The van der Waals surface area contributed by atoms with Crippen LogP contribution in [0, 0.1) is 5.82 Å². The standard InChI is InChI=1S/C12H8ClFN2OS2/c13-10-4-3-9(19-10)12(17)16-6-1-2-8(14)7(5-6)11(15)18/h1-5H,(H2,15,18)(H,16,17). The van der Waals surface area contributed by atoms with Gasteiger partial charge in [-0.15, -0.1) is 11.3 Å². The molecular formula is C12H8ClFN2OS2. The number of carbonyl (C=O) groups excluding carboxylic acids is 1. The molecule has 0 aliphatic rings. The maximum absolute atomic E-state index is 13.4. The van der Waals surface area contributed by atoms with Gasteiger partial charge in [0.15, 0.2) is 0 Å². The lowest BCUT2D eigenvalue weighted by Crippen LogP contribution is -2.14. The number of hydrogen-bond acceptors (Lipinski definition) is 3. The highest BCUT2D eigenvalue weighted by Gasteiger charge is 2.11. The van der Waals surface area contributed by atoms with Gasteiger partial charge in [0.2, 0.25) is 0 Å². The molecular weight excluding hydrogens is 307 g/mol. The molecule has 19 heavy (non-hydrogen) atoms. The molecule has 7 heteroatoms. The van der Waals surface area contributed by atoms with Crippen molar-refractivity contribution < 1.29 is 9.18 Å². The summed E-state index contributed by atoms with van der Waals surface area (Å²) < 4.78 is 13.9. The number of amides is 1. The molecule has 1 heterocycles. The first-order valence-corrected chi connectivity index (χ1v) is 6.73. The van der Waals surface area contributed by atoms with Crippen LogP contribution < -0.4 is 11.1 Å². The predicted octanol–water partition coefficient (Wildman–Crippen LogP) is 3.43. The van der Waals surface area contributed by atoms with Crippen LogP contribution in [0.4, 0.5) is 10.1 Å². The van der Waals surface area contributed by atoms with Gasteiger partial charge >= 0.3 is 0 Å². The number of halogens is 2. The summed E-state index contributed by atoms with van der Waals surface area (Å²) in [6.45, 7) is 0. The monoisotopic (exact) mass is 314 g/mol. The number of benzene rings is 1. The molecule has 0 saturated carbocycles. The Balaban J connectivity index is 2.22. The fourth-order valence-corrected chi connectivity index (χ4v) is 2.52. The lowest BCUT2D eigenvalue weighted by molar-refractivity contribution is 0.103. The first kappa shape index (κ1) is 13.9. The zero-order valence-electron chi connectivity index (χ0n) is 9.44. The molecule has 2 rings (SSSR count). The summed E-state index contributed by atoms with van der Waals surface area (Å²) in [4.78, 5) is 12.3. The SMILES string of the molecule is NC(=S)c1cc(NC(=O)c2ccc(Cl)s2)ccc1F. The van der Waals surface area contributed by atoms with Crippen LogP contribution in [0.1, 0.15) is 15.2 Å². The molecule has 2 aromatic rings. The van der Waals surface area contributed by atoms with Gasteiger partial charge in [-0.3, -0.25) is 4.79 Å². The van der Waals surface area contributed by atoms with Crippen molar-refractivity contribution in [2.75, 3.05) is 5.32 Å². The Bertz CT molecular complexity index is 657. The number of nitrogens with two attached hydrogens (primary N) is 1. The molecule has 1 aromatic carbocycles. The van der Waals surface area contributed by atoms with Crippen LogP contribution in [0.25, 0.3) is 0 Å². The summed E-state index contributed by atoms with van der Waals surface area (Å²) in [5.74, 6) is -0.845. The number of carbonyl (C=O) groups is 1. The Kier molecular flexibility index (Phi) is 4.14. The van der Waals surface area contributed by atoms with E-state index in [1.54, 1.807) is 12.1 Å². The number of thiophene rings is 1. The van der Waals surface area contributed by atoms with Gasteiger partial charge < -0.3 is 11.1 Å². The van der Waals surface area contributed by atoms with E-state index in [2.05, 4.69) is 5.32 Å². The summed E-state index contributed by atoms with van der Waals surface area (Å²) >= 11 is 11.6. The Morgan fingerprint density at radius 1 is 1.37 bits per heavy atom. The molecule has 0 fully saturated rings. The number of thiocarbonyl (C=S) groups is 1. The number of rotatable bonds is 3.